The maximum atomic E-state index is 12.4. The lowest BCUT2D eigenvalue weighted by atomic mass is 9.96. The molecule has 0 aliphatic rings. The zero-order valence-corrected chi connectivity index (χ0v) is 22.5. The number of esters is 1. The third kappa shape index (κ3) is 7.77. The summed E-state index contributed by atoms with van der Waals surface area (Å²) >= 11 is 0. The number of hydrogen-bond acceptors (Lipinski definition) is 7. The SMILES string of the molecule is CCOC(=O)CCNC(=O)c1ccc(N[C@@H](CC(C)C)c2ccc(-c3nnc(-c4ccccc4)o3)cc2)cc1. The largest absolute Gasteiger partial charge is 0.466 e. The van der Waals surface area contributed by atoms with Crippen LogP contribution in [0.3, 0.4) is 0 Å². The Morgan fingerprint density at radius 1 is 0.872 bits per heavy atom. The molecular weight excluding hydrogens is 492 g/mol. The molecule has 0 radical (unpaired) electrons. The van der Waals surface area contributed by atoms with E-state index in [-0.39, 0.29) is 30.9 Å². The van der Waals surface area contributed by atoms with Gasteiger partial charge in [0.2, 0.25) is 11.8 Å². The number of ether oxygens (including phenoxy) is 1. The van der Waals surface area contributed by atoms with Gasteiger partial charge in [-0.25, -0.2) is 0 Å². The molecule has 0 spiro atoms. The van der Waals surface area contributed by atoms with Gasteiger partial charge in [-0.2, -0.15) is 0 Å². The van der Waals surface area contributed by atoms with Crippen LogP contribution < -0.4 is 10.6 Å². The van der Waals surface area contributed by atoms with Crippen molar-refractivity contribution >= 4 is 17.6 Å². The average Bonchev–Trinajstić information content (AvgIpc) is 3.44. The fourth-order valence-electron chi connectivity index (χ4n) is 4.18. The first kappa shape index (κ1) is 27.6. The molecular formula is C31H34N4O4. The smallest absolute Gasteiger partial charge is 0.307 e. The van der Waals surface area contributed by atoms with Crippen LogP contribution in [-0.4, -0.2) is 35.2 Å². The van der Waals surface area contributed by atoms with Crippen LogP contribution in [0.4, 0.5) is 5.69 Å². The Labute approximate surface area is 228 Å². The molecule has 0 fully saturated rings. The molecule has 1 heterocycles. The summed E-state index contributed by atoms with van der Waals surface area (Å²) in [6.07, 6.45) is 1.07. The highest BCUT2D eigenvalue weighted by molar-refractivity contribution is 5.94. The average molecular weight is 527 g/mol. The third-order valence-corrected chi connectivity index (χ3v) is 6.12. The molecule has 1 atom stereocenters. The molecule has 4 rings (SSSR count). The van der Waals surface area contributed by atoms with Crippen LogP contribution in [-0.2, 0) is 9.53 Å². The molecule has 0 unspecified atom stereocenters. The van der Waals surface area contributed by atoms with E-state index in [0.717, 1.165) is 28.8 Å². The van der Waals surface area contributed by atoms with Gasteiger partial charge in [-0.1, -0.05) is 44.2 Å². The van der Waals surface area contributed by atoms with Crippen molar-refractivity contribution in [1.82, 2.24) is 15.5 Å². The Morgan fingerprint density at radius 3 is 2.13 bits per heavy atom. The Kier molecular flexibility index (Phi) is 9.45. The molecule has 2 N–H and O–H groups in total. The number of hydrogen-bond donors (Lipinski definition) is 2. The van der Waals surface area contributed by atoms with Gasteiger partial charge in [0.15, 0.2) is 0 Å². The van der Waals surface area contributed by atoms with Crippen molar-refractivity contribution in [1.29, 1.82) is 0 Å². The minimum atomic E-state index is -0.324. The van der Waals surface area contributed by atoms with Gasteiger partial charge in [-0.05, 0) is 73.4 Å². The van der Waals surface area contributed by atoms with Gasteiger partial charge < -0.3 is 19.8 Å². The minimum absolute atomic E-state index is 0.0749. The monoisotopic (exact) mass is 526 g/mol. The number of benzene rings is 3. The number of aromatic nitrogens is 2. The van der Waals surface area contributed by atoms with Crippen LogP contribution in [0.2, 0.25) is 0 Å². The van der Waals surface area contributed by atoms with E-state index in [4.69, 9.17) is 9.15 Å². The van der Waals surface area contributed by atoms with Crippen molar-refractivity contribution in [2.24, 2.45) is 5.92 Å². The van der Waals surface area contributed by atoms with E-state index >= 15 is 0 Å². The third-order valence-electron chi connectivity index (χ3n) is 6.12. The Hall–Kier alpha value is -4.46. The molecule has 0 saturated carbocycles. The fraction of sp³-hybridized carbons (Fsp3) is 0.290. The van der Waals surface area contributed by atoms with E-state index in [1.54, 1.807) is 19.1 Å². The van der Waals surface area contributed by atoms with Crippen molar-refractivity contribution < 1.29 is 18.7 Å². The highest BCUT2D eigenvalue weighted by Crippen LogP contribution is 2.29. The second kappa shape index (κ2) is 13.4. The van der Waals surface area contributed by atoms with Crippen LogP contribution in [0.5, 0.6) is 0 Å². The van der Waals surface area contributed by atoms with Gasteiger partial charge in [-0.15, -0.1) is 10.2 Å². The normalized spacial score (nSPS) is 11.7. The second-order valence-electron chi connectivity index (χ2n) is 9.62. The minimum Gasteiger partial charge on any atom is -0.466 e. The van der Waals surface area contributed by atoms with Gasteiger partial charge in [-0.3, -0.25) is 9.59 Å². The van der Waals surface area contributed by atoms with E-state index < -0.39 is 0 Å². The molecule has 1 amide bonds. The highest BCUT2D eigenvalue weighted by Gasteiger charge is 2.16. The summed E-state index contributed by atoms with van der Waals surface area (Å²) < 4.78 is 10.8. The van der Waals surface area contributed by atoms with Gasteiger partial charge in [0.25, 0.3) is 5.91 Å². The molecule has 8 heteroatoms. The summed E-state index contributed by atoms with van der Waals surface area (Å²) in [6, 6.07) is 25.3. The predicted molar refractivity (Wildman–Crippen MR) is 151 cm³/mol. The van der Waals surface area contributed by atoms with Crippen molar-refractivity contribution in [2.75, 3.05) is 18.5 Å². The summed E-state index contributed by atoms with van der Waals surface area (Å²) in [4.78, 5) is 23.9. The maximum absolute atomic E-state index is 12.4. The topological polar surface area (TPSA) is 106 Å². The molecule has 4 aromatic rings. The standard InChI is InChI=1S/C31H34N4O4/c1-4-38-28(36)18-19-32-29(37)23-14-16-26(17-15-23)33-27(20-21(2)3)22-10-12-25(13-11-22)31-35-34-30(39-31)24-8-6-5-7-9-24/h5-17,21,27,33H,4,18-20H2,1-3H3,(H,32,37)/t27-/m0/s1. The summed E-state index contributed by atoms with van der Waals surface area (Å²) in [6.45, 7) is 6.70. The summed E-state index contributed by atoms with van der Waals surface area (Å²) in [5.41, 5.74) is 4.32. The van der Waals surface area contributed by atoms with E-state index in [2.05, 4.69) is 46.8 Å². The molecule has 0 aliphatic heterocycles. The van der Waals surface area contributed by atoms with Crippen LogP contribution in [0.25, 0.3) is 22.9 Å². The molecule has 3 aromatic carbocycles. The van der Waals surface area contributed by atoms with Gasteiger partial charge in [0.05, 0.1) is 19.1 Å². The first-order chi connectivity index (χ1) is 18.9. The van der Waals surface area contributed by atoms with Crippen LogP contribution in [0.1, 0.15) is 55.6 Å². The lowest BCUT2D eigenvalue weighted by Crippen LogP contribution is -2.26. The van der Waals surface area contributed by atoms with E-state index in [0.29, 0.717) is 29.9 Å². The first-order valence-electron chi connectivity index (χ1n) is 13.2. The van der Waals surface area contributed by atoms with E-state index in [9.17, 15) is 9.59 Å². The summed E-state index contributed by atoms with van der Waals surface area (Å²) in [5.74, 6) is 0.887. The van der Waals surface area contributed by atoms with Crippen molar-refractivity contribution in [2.45, 2.75) is 39.7 Å². The Morgan fingerprint density at radius 2 is 1.51 bits per heavy atom. The number of nitrogens with zero attached hydrogens (tertiary/aromatic N) is 2. The lowest BCUT2D eigenvalue weighted by molar-refractivity contribution is -0.142. The highest BCUT2D eigenvalue weighted by atomic mass is 16.5. The number of anilines is 1. The lowest BCUT2D eigenvalue weighted by Gasteiger charge is -2.22. The molecule has 0 saturated heterocycles. The molecule has 39 heavy (non-hydrogen) atoms. The molecule has 8 nitrogen and oxygen atoms in total. The fourth-order valence-corrected chi connectivity index (χ4v) is 4.18. The zero-order valence-electron chi connectivity index (χ0n) is 22.5. The van der Waals surface area contributed by atoms with Crippen LogP contribution >= 0.6 is 0 Å². The number of carbonyl (C=O) groups is 2. The number of rotatable bonds is 12. The molecule has 202 valence electrons. The second-order valence-corrected chi connectivity index (χ2v) is 9.62. The van der Waals surface area contributed by atoms with Gasteiger partial charge in [0.1, 0.15) is 0 Å². The first-order valence-corrected chi connectivity index (χ1v) is 13.2. The van der Waals surface area contributed by atoms with E-state index in [1.165, 1.54) is 0 Å². The zero-order chi connectivity index (χ0) is 27.6. The number of amides is 1. The van der Waals surface area contributed by atoms with Crippen LogP contribution in [0, 0.1) is 5.92 Å². The van der Waals surface area contributed by atoms with E-state index in [1.807, 2.05) is 54.6 Å². The van der Waals surface area contributed by atoms with Gasteiger partial charge in [0, 0.05) is 28.9 Å². The number of carbonyl (C=O) groups excluding carboxylic acids is 2. The Bertz CT molecular complexity index is 1350. The molecule has 1 aromatic heterocycles. The van der Waals surface area contributed by atoms with Crippen molar-refractivity contribution in [3.8, 4) is 22.9 Å². The maximum Gasteiger partial charge on any atom is 0.307 e. The van der Waals surface area contributed by atoms with Crippen molar-refractivity contribution in [3.63, 3.8) is 0 Å². The number of nitrogens with one attached hydrogen (secondary N) is 2. The molecule has 0 aliphatic carbocycles. The summed E-state index contributed by atoms with van der Waals surface area (Å²) in [7, 11) is 0. The summed E-state index contributed by atoms with van der Waals surface area (Å²) in [5, 5.41) is 14.8. The Balaban J connectivity index is 1.40. The molecule has 0 bridgehead atoms. The van der Waals surface area contributed by atoms with Crippen LogP contribution in [0.15, 0.2) is 83.3 Å². The quantitative estimate of drug-likeness (QED) is 0.209. The predicted octanol–water partition coefficient (Wildman–Crippen LogP) is 6.29. The van der Waals surface area contributed by atoms with Gasteiger partial charge >= 0.3 is 5.97 Å². The van der Waals surface area contributed by atoms with Crippen molar-refractivity contribution in [3.05, 3.63) is 90.0 Å².